The van der Waals surface area contributed by atoms with E-state index in [1.807, 2.05) is 36.4 Å². The van der Waals surface area contributed by atoms with Crippen molar-refractivity contribution in [1.29, 1.82) is 5.26 Å². The van der Waals surface area contributed by atoms with Crippen LogP contribution in [0.15, 0.2) is 64.5 Å². The summed E-state index contributed by atoms with van der Waals surface area (Å²) in [5.74, 6) is 0.231. The highest BCUT2D eigenvalue weighted by atomic mass is 32.2. The van der Waals surface area contributed by atoms with Gasteiger partial charge in [-0.1, -0.05) is 30.0 Å². The van der Waals surface area contributed by atoms with Gasteiger partial charge in [0.05, 0.1) is 11.1 Å². The molecule has 0 spiro atoms. The summed E-state index contributed by atoms with van der Waals surface area (Å²) < 4.78 is 0. The van der Waals surface area contributed by atoms with Crippen molar-refractivity contribution in [1.82, 2.24) is 4.98 Å². The van der Waals surface area contributed by atoms with E-state index in [2.05, 4.69) is 11.1 Å². The second kappa shape index (κ2) is 5.24. The Morgan fingerprint density at radius 1 is 1.05 bits per heavy atom. The van der Waals surface area contributed by atoms with Gasteiger partial charge in [-0.05, 0) is 30.3 Å². The molecule has 0 bridgehead atoms. The molecule has 0 saturated carbocycles. The minimum Gasteiger partial charge on any atom is -0.508 e. The highest BCUT2D eigenvalue weighted by Crippen LogP contribution is 2.35. The van der Waals surface area contributed by atoms with Crippen molar-refractivity contribution in [2.75, 3.05) is 0 Å². The molecule has 0 radical (unpaired) electrons. The number of aromatic hydroxyl groups is 1. The molecule has 0 amide bonds. The maximum absolute atomic E-state index is 9.32. The van der Waals surface area contributed by atoms with E-state index in [0.717, 1.165) is 20.7 Å². The molecule has 0 aliphatic rings. The van der Waals surface area contributed by atoms with Crippen LogP contribution >= 0.6 is 11.8 Å². The smallest absolute Gasteiger partial charge is 0.115 e. The predicted octanol–water partition coefficient (Wildman–Crippen LogP) is 3.96. The lowest BCUT2D eigenvalue weighted by Gasteiger charge is -2.08. The van der Waals surface area contributed by atoms with Crippen LogP contribution in [-0.4, -0.2) is 10.1 Å². The van der Waals surface area contributed by atoms with Gasteiger partial charge in [-0.2, -0.15) is 5.26 Å². The van der Waals surface area contributed by atoms with Gasteiger partial charge in [0.2, 0.25) is 0 Å². The summed E-state index contributed by atoms with van der Waals surface area (Å²) >= 11 is 1.50. The van der Waals surface area contributed by atoms with E-state index in [1.165, 1.54) is 11.8 Å². The average Bonchev–Trinajstić information content (AvgIpc) is 2.50. The summed E-state index contributed by atoms with van der Waals surface area (Å²) in [7, 11) is 0. The number of aromatic nitrogens is 1. The normalized spacial score (nSPS) is 10.3. The third-order valence-electron chi connectivity index (χ3n) is 2.90. The third kappa shape index (κ3) is 2.31. The molecule has 1 heterocycles. The first-order chi connectivity index (χ1) is 9.78. The topological polar surface area (TPSA) is 56.9 Å². The molecule has 3 nitrogen and oxygen atoms in total. The van der Waals surface area contributed by atoms with E-state index < -0.39 is 0 Å². The molecule has 0 atom stereocenters. The molecule has 20 heavy (non-hydrogen) atoms. The number of phenolic OH excluding ortho intramolecular Hbond substituents is 1. The number of pyridine rings is 1. The summed E-state index contributed by atoms with van der Waals surface area (Å²) in [5, 5.41) is 19.5. The fraction of sp³-hybridized carbons (Fsp3) is 0. The predicted molar refractivity (Wildman–Crippen MR) is 78.7 cm³/mol. The van der Waals surface area contributed by atoms with Crippen LogP contribution in [0.3, 0.4) is 0 Å². The Balaban J connectivity index is 2.14. The van der Waals surface area contributed by atoms with Gasteiger partial charge in [0, 0.05) is 21.4 Å². The third-order valence-corrected chi connectivity index (χ3v) is 4.05. The minimum absolute atomic E-state index is 0.231. The first-order valence-corrected chi connectivity index (χ1v) is 6.84. The van der Waals surface area contributed by atoms with Gasteiger partial charge in [0.15, 0.2) is 0 Å². The Hall–Kier alpha value is -2.51. The van der Waals surface area contributed by atoms with Gasteiger partial charge in [0.25, 0.3) is 0 Å². The quantitative estimate of drug-likeness (QED) is 0.770. The summed E-state index contributed by atoms with van der Waals surface area (Å²) in [5.41, 5.74) is 1.43. The summed E-state index contributed by atoms with van der Waals surface area (Å²) in [6.45, 7) is 0. The Morgan fingerprint density at radius 2 is 1.80 bits per heavy atom. The van der Waals surface area contributed by atoms with Crippen LogP contribution in [0.4, 0.5) is 0 Å². The van der Waals surface area contributed by atoms with Crippen molar-refractivity contribution >= 4 is 22.7 Å². The lowest BCUT2D eigenvalue weighted by atomic mass is 10.2. The zero-order chi connectivity index (χ0) is 13.9. The summed E-state index contributed by atoms with van der Waals surface area (Å²) in [6, 6.07) is 16.9. The van der Waals surface area contributed by atoms with E-state index in [-0.39, 0.29) is 5.75 Å². The van der Waals surface area contributed by atoms with Crippen LogP contribution in [0.2, 0.25) is 0 Å². The zero-order valence-corrected chi connectivity index (χ0v) is 11.3. The molecule has 0 unspecified atom stereocenters. The van der Waals surface area contributed by atoms with Gasteiger partial charge in [-0.25, -0.2) is 0 Å². The second-order valence-electron chi connectivity index (χ2n) is 4.23. The molecular formula is C16H10N2OS. The highest BCUT2D eigenvalue weighted by molar-refractivity contribution is 7.99. The summed E-state index contributed by atoms with van der Waals surface area (Å²) in [6.07, 6.45) is 1.60. The van der Waals surface area contributed by atoms with E-state index in [1.54, 1.807) is 18.3 Å². The number of phenols is 1. The molecule has 0 aliphatic heterocycles. The summed E-state index contributed by atoms with van der Waals surface area (Å²) in [4.78, 5) is 6.15. The number of hydrogen-bond donors (Lipinski definition) is 1. The van der Waals surface area contributed by atoms with Crippen LogP contribution in [0.25, 0.3) is 10.9 Å². The van der Waals surface area contributed by atoms with Gasteiger partial charge >= 0.3 is 0 Å². The van der Waals surface area contributed by atoms with Crippen LogP contribution in [0.1, 0.15) is 5.56 Å². The van der Waals surface area contributed by atoms with Gasteiger partial charge < -0.3 is 5.11 Å². The molecule has 1 N–H and O–H groups in total. The first-order valence-electron chi connectivity index (χ1n) is 6.02. The molecule has 0 fully saturated rings. The van der Waals surface area contributed by atoms with E-state index in [0.29, 0.717) is 5.56 Å². The molecule has 0 aliphatic carbocycles. The molecule has 96 valence electrons. The first kappa shape index (κ1) is 12.5. The van der Waals surface area contributed by atoms with E-state index >= 15 is 0 Å². The number of fused-ring (bicyclic) bond motifs is 1. The molecule has 0 saturated heterocycles. The second-order valence-corrected chi connectivity index (χ2v) is 5.31. The lowest BCUT2D eigenvalue weighted by molar-refractivity contribution is 0.475. The van der Waals surface area contributed by atoms with Crippen molar-refractivity contribution in [3.8, 4) is 11.8 Å². The van der Waals surface area contributed by atoms with Crippen molar-refractivity contribution < 1.29 is 5.11 Å². The fourth-order valence-electron chi connectivity index (χ4n) is 1.94. The fourth-order valence-corrected chi connectivity index (χ4v) is 2.94. The number of nitrogens with zero attached hydrogens (tertiary/aromatic N) is 2. The molecule has 3 aromatic rings. The Bertz CT molecular complexity index is 807. The van der Waals surface area contributed by atoms with Crippen LogP contribution in [0, 0.1) is 11.3 Å². The number of benzene rings is 2. The lowest BCUT2D eigenvalue weighted by Crippen LogP contribution is -1.88. The van der Waals surface area contributed by atoms with Crippen LogP contribution in [-0.2, 0) is 0 Å². The maximum Gasteiger partial charge on any atom is 0.115 e. The van der Waals surface area contributed by atoms with Gasteiger partial charge in [-0.3, -0.25) is 4.98 Å². The SMILES string of the molecule is N#Cc1cnc2ccccc2c1Sc1ccc(O)cc1. The van der Waals surface area contributed by atoms with Crippen molar-refractivity contribution in [3.63, 3.8) is 0 Å². The van der Waals surface area contributed by atoms with Gasteiger partial charge in [0.1, 0.15) is 11.8 Å². The van der Waals surface area contributed by atoms with Crippen LogP contribution in [0.5, 0.6) is 5.75 Å². The minimum atomic E-state index is 0.231. The van der Waals surface area contributed by atoms with Crippen LogP contribution < -0.4 is 0 Å². The monoisotopic (exact) mass is 278 g/mol. The molecule has 2 aromatic carbocycles. The largest absolute Gasteiger partial charge is 0.508 e. The Morgan fingerprint density at radius 3 is 2.55 bits per heavy atom. The van der Waals surface area contributed by atoms with E-state index in [4.69, 9.17) is 0 Å². The van der Waals surface area contributed by atoms with Crippen molar-refractivity contribution in [3.05, 3.63) is 60.3 Å². The van der Waals surface area contributed by atoms with Crippen molar-refractivity contribution in [2.24, 2.45) is 0 Å². The Labute approximate surface area is 120 Å². The van der Waals surface area contributed by atoms with E-state index in [9.17, 15) is 10.4 Å². The molecule has 3 rings (SSSR count). The maximum atomic E-state index is 9.32. The number of para-hydroxylation sites is 1. The molecule has 4 heteroatoms. The highest BCUT2D eigenvalue weighted by Gasteiger charge is 2.10. The molecule has 1 aromatic heterocycles. The Kier molecular flexibility index (Phi) is 3.28. The number of hydrogen-bond acceptors (Lipinski definition) is 4. The number of rotatable bonds is 2. The van der Waals surface area contributed by atoms with Crippen molar-refractivity contribution in [2.45, 2.75) is 9.79 Å². The number of nitriles is 1. The standard InChI is InChI=1S/C16H10N2OS/c17-9-11-10-18-15-4-2-1-3-14(15)16(11)20-13-7-5-12(19)6-8-13/h1-8,10,19H. The molecular weight excluding hydrogens is 268 g/mol. The zero-order valence-electron chi connectivity index (χ0n) is 10.4. The average molecular weight is 278 g/mol. The van der Waals surface area contributed by atoms with Gasteiger partial charge in [-0.15, -0.1) is 0 Å².